The molecule has 0 saturated heterocycles. The van der Waals surface area contributed by atoms with Crippen LogP contribution < -0.4 is 10.1 Å². The molecule has 0 bridgehead atoms. The second kappa shape index (κ2) is 10.1. The zero-order valence-corrected chi connectivity index (χ0v) is 21.0. The molecule has 0 aliphatic heterocycles. The third-order valence-corrected chi connectivity index (χ3v) is 6.37. The summed E-state index contributed by atoms with van der Waals surface area (Å²) in [7, 11) is 1.55. The van der Waals surface area contributed by atoms with E-state index in [4.69, 9.17) is 44.0 Å². The normalized spacial score (nSPS) is 11.3. The molecule has 36 heavy (non-hydrogen) atoms. The van der Waals surface area contributed by atoms with Crippen LogP contribution in [0.1, 0.15) is 5.76 Å². The average Bonchev–Trinajstić information content (AvgIpc) is 3.51. The predicted molar refractivity (Wildman–Crippen MR) is 142 cm³/mol. The monoisotopic (exact) mass is 538 g/mol. The molecule has 5 rings (SSSR count). The molecule has 0 saturated carbocycles. The Balaban J connectivity index is 1.29. The maximum Gasteiger partial charge on any atom is 0.248 e. The maximum atomic E-state index is 12.5. The number of nitrogens with zero attached hydrogens (tertiary/aromatic N) is 3. The van der Waals surface area contributed by atoms with Crippen LogP contribution in [-0.4, -0.2) is 28.0 Å². The lowest BCUT2D eigenvalue weighted by atomic mass is 10.2. The van der Waals surface area contributed by atoms with Crippen molar-refractivity contribution in [1.29, 1.82) is 0 Å². The predicted octanol–water partition coefficient (Wildman–Crippen LogP) is 7.30. The number of nitrogens with one attached hydrogen (secondary N) is 1. The molecule has 2 aromatic heterocycles. The number of fused-ring (bicyclic) bond motifs is 1. The van der Waals surface area contributed by atoms with Crippen LogP contribution in [0.4, 0.5) is 5.69 Å². The van der Waals surface area contributed by atoms with Crippen LogP contribution in [0.15, 0.2) is 77.2 Å². The van der Waals surface area contributed by atoms with Gasteiger partial charge >= 0.3 is 0 Å². The van der Waals surface area contributed by atoms with Crippen molar-refractivity contribution in [2.45, 2.75) is 0 Å². The zero-order chi connectivity index (χ0) is 25.2. The van der Waals surface area contributed by atoms with Gasteiger partial charge in [0.15, 0.2) is 0 Å². The van der Waals surface area contributed by atoms with Crippen LogP contribution in [0.5, 0.6) is 5.75 Å². The summed E-state index contributed by atoms with van der Waals surface area (Å²) in [6.45, 7) is 0. The fourth-order valence-electron chi connectivity index (χ4n) is 3.51. The molecule has 7 nitrogen and oxygen atoms in total. The van der Waals surface area contributed by atoms with E-state index in [1.807, 2.05) is 6.07 Å². The van der Waals surface area contributed by atoms with Crippen molar-refractivity contribution in [2.75, 3.05) is 12.4 Å². The third-order valence-electron chi connectivity index (χ3n) is 5.26. The zero-order valence-electron chi connectivity index (χ0n) is 18.7. The summed E-state index contributed by atoms with van der Waals surface area (Å²) in [5, 5.41) is 13.1. The molecule has 2 heterocycles. The van der Waals surface area contributed by atoms with Crippen molar-refractivity contribution in [2.24, 2.45) is 0 Å². The molecule has 10 heteroatoms. The van der Waals surface area contributed by atoms with E-state index in [2.05, 4.69) is 15.5 Å². The highest BCUT2D eigenvalue weighted by Gasteiger charge is 2.11. The minimum atomic E-state index is -0.331. The third kappa shape index (κ3) is 4.95. The number of aromatic nitrogens is 3. The molecule has 1 N–H and O–H groups in total. The van der Waals surface area contributed by atoms with E-state index in [0.29, 0.717) is 60.3 Å². The molecule has 1 amide bonds. The van der Waals surface area contributed by atoms with Gasteiger partial charge in [0, 0.05) is 17.3 Å². The molecule has 0 unspecified atom stereocenters. The van der Waals surface area contributed by atoms with Crippen molar-refractivity contribution in [3.05, 3.63) is 93.6 Å². The second-order valence-corrected chi connectivity index (χ2v) is 8.83. The first-order chi connectivity index (χ1) is 17.4. The van der Waals surface area contributed by atoms with Gasteiger partial charge in [-0.2, -0.15) is 4.80 Å². The first kappa shape index (κ1) is 23.9. The molecular weight excluding hydrogens is 523 g/mol. The van der Waals surface area contributed by atoms with Gasteiger partial charge in [-0.05, 0) is 66.7 Å². The lowest BCUT2D eigenvalue weighted by molar-refractivity contribution is -0.111. The van der Waals surface area contributed by atoms with E-state index >= 15 is 0 Å². The van der Waals surface area contributed by atoms with Gasteiger partial charge in [0.25, 0.3) is 0 Å². The lowest BCUT2D eigenvalue weighted by Crippen LogP contribution is -2.07. The van der Waals surface area contributed by atoms with Crippen LogP contribution in [0.25, 0.3) is 34.1 Å². The molecule has 0 spiro atoms. The number of amides is 1. The lowest BCUT2D eigenvalue weighted by Gasteiger charge is -2.04. The standard InChI is InChI=1S/C26H17Cl3N4O3/c1-35-24-10-6-16(14-20(24)28)33-31-21-9-5-15(13-22(21)32-33)30-25(34)12-8-17-7-11-23(36-17)18-3-2-4-19(27)26(18)29/h2-14H,1H3,(H,30,34)/b12-8+. The van der Waals surface area contributed by atoms with Gasteiger partial charge in [-0.3, -0.25) is 4.79 Å². The van der Waals surface area contributed by atoms with E-state index in [1.165, 1.54) is 10.9 Å². The summed E-state index contributed by atoms with van der Waals surface area (Å²) in [5.41, 5.74) is 3.20. The summed E-state index contributed by atoms with van der Waals surface area (Å²) >= 11 is 18.5. The van der Waals surface area contributed by atoms with Crippen LogP contribution in [0, 0.1) is 0 Å². The molecule has 0 aliphatic rings. The quantitative estimate of drug-likeness (QED) is 0.229. The molecule has 0 fully saturated rings. The molecule has 0 aliphatic carbocycles. The van der Waals surface area contributed by atoms with Crippen LogP contribution in [0.2, 0.25) is 15.1 Å². The van der Waals surface area contributed by atoms with Gasteiger partial charge in [-0.25, -0.2) is 0 Å². The highest BCUT2D eigenvalue weighted by atomic mass is 35.5. The minimum absolute atomic E-state index is 0.331. The molecule has 3 aromatic carbocycles. The highest BCUT2D eigenvalue weighted by molar-refractivity contribution is 6.43. The Morgan fingerprint density at radius 3 is 2.61 bits per heavy atom. The van der Waals surface area contributed by atoms with Crippen LogP contribution in [0.3, 0.4) is 0 Å². The summed E-state index contributed by atoms with van der Waals surface area (Å²) in [4.78, 5) is 14.0. The molecule has 0 atom stereocenters. The van der Waals surface area contributed by atoms with E-state index in [9.17, 15) is 4.79 Å². The van der Waals surface area contributed by atoms with Crippen molar-refractivity contribution >= 4 is 63.5 Å². The SMILES string of the molecule is COc1ccc(-n2nc3ccc(NC(=O)/C=C/c4ccc(-c5cccc(Cl)c5Cl)o4)cc3n2)cc1Cl. The van der Waals surface area contributed by atoms with Crippen molar-refractivity contribution < 1.29 is 13.9 Å². The summed E-state index contributed by atoms with van der Waals surface area (Å²) in [6, 6.07) is 19.3. The number of hydrogen-bond acceptors (Lipinski definition) is 5. The van der Waals surface area contributed by atoms with Crippen LogP contribution in [-0.2, 0) is 4.79 Å². The number of anilines is 1. The number of halogens is 3. The first-order valence-corrected chi connectivity index (χ1v) is 11.8. The van der Waals surface area contributed by atoms with Gasteiger partial charge in [0.2, 0.25) is 5.91 Å². The number of carbonyl (C=O) groups excluding carboxylic acids is 1. The Morgan fingerprint density at radius 2 is 1.81 bits per heavy atom. The summed E-state index contributed by atoms with van der Waals surface area (Å²) in [5.74, 6) is 1.28. The Hall–Kier alpha value is -3.78. The van der Waals surface area contributed by atoms with Gasteiger partial charge in [0.1, 0.15) is 28.3 Å². The number of hydrogen-bond donors (Lipinski definition) is 1. The Bertz CT molecular complexity index is 1620. The summed E-state index contributed by atoms with van der Waals surface area (Å²) < 4.78 is 11.0. The number of rotatable bonds is 6. The van der Waals surface area contributed by atoms with E-state index in [1.54, 1.807) is 73.8 Å². The Labute approximate surface area is 220 Å². The summed E-state index contributed by atoms with van der Waals surface area (Å²) in [6.07, 6.45) is 2.95. The highest BCUT2D eigenvalue weighted by Crippen LogP contribution is 2.34. The number of carbonyl (C=O) groups is 1. The average molecular weight is 540 g/mol. The molecule has 180 valence electrons. The van der Waals surface area contributed by atoms with Crippen molar-refractivity contribution in [1.82, 2.24) is 15.0 Å². The number of ether oxygens (including phenoxy) is 1. The largest absolute Gasteiger partial charge is 0.495 e. The van der Waals surface area contributed by atoms with E-state index in [-0.39, 0.29) is 5.91 Å². The van der Waals surface area contributed by atoms with Crippen molar-refractivity contribution in [3.8, 4) is 22.8 Å². The van der Waals surface area contributed by atoms with Gasteiger partial charge in [-0.1, -0.05) is 40.9 Å². The van der Waals surface area contributed by atoms with Crippen molar-refractivity contribution in [3.63, 3.8) is 0 Å². The van der Waals surface area contributed by atoms with E-state index < -0.39 is 0 Å². The second-order valence-electron chi connectivity index (χ2n) is 7.64. The first-order valence-electron chi connectivity index (χ1n) is 10.7. The fraction of sp³-hybridized carbons (Fsp3) is 0.0385. The Kier molecular flexibility index (Phi) is 6.69. The van der Waals surface area contributed by atoms with Gasteiger partial charge in [0.05, 0.1) is 27.9 Å². The van der Waals surface area contributed by atoms with Gasteiger partial charge in [-0.15, -0.1) is 10.2 Å². The smallest absolute Gasteiger partial charge is 0.248 e. The van der Waals surface area contributed by atoms with Crippen LogP contribution >= 0.6 is 34.8 Å². The number of furan rings is 1. The minimum Gasteiger partial charge on any atom is -0.495 e. The fourth-order valence-corrected chi connectivity index (χ4v) is 4.16. The molecule has 5 aromatic rings. The van der Waals surface area contributed by atoms with Gasteiger partial charge < -0.3 is 14.5 Å². The maximum absolute atomic E-state index is 12.5. The molecular formula is C26H17Cl3N4O3. The van der Waals surface area contributed by atoms with E-state index in [0.717, 1.165) is 0 Å². The molecule has 0 radical (unpaired) electrons. The topological polar surface area (TPSA) is 82.2 Å². The number of benzene rings is 3. The number of methoxy groups -OCH3 is 1. The Morgan fingerprint density at radius 1 is 0.972 bits per heavy atom.